The van der Waals surface area contributed by atoms with Crippen molar-refractivity contribution in [2.45, 2.75) is 25.9 Å². The smallest absolute Gasteiger partial charge is 0.271 e. The van der Waals surface area contributed by atoms with Gasteiger partial charge < -0.3 is 20.2 Å². The summed E-state index contributed by atoms with van der Waals surface area (Å²) < 4.78 is 0. The van der Waals surface area contributed by atoms with Crippen LogP contribution in [-0.4, -0.2) is 37.3 Å². The Morgan fingerprint density at radius 1 is 1.00 bits per heavy atom. The number of rotatable bonds is 10. The first-order valence-electron chi connectivity index (χ1n) is 9.89. The lowest BCUT2D eigenvalue weighted by molar-refractivity contribution is -0.112. The number of carbonyl (C=O) groups excluding carboxylic acids is 1. The zero-order valence-corrected chi connectivity index (χ0v) is 17.8. The summed E-state index contributed by atoms with van der Waals surface area (Å²) in [4.78, 5) is 27.1. The summed E-state index contributed by atoms with van der Waals surface area (Å²) in [7, 11) is 2.87. The molecule has 0 heterocycles. The molecule has 1 aliphatic rings. The Morgan fingerprint density at radius 3 is 2.35 bits per heavy atom. The molecule has 1 aliphatic carbocycles. The molecule has 162 valence electrons. The van der Waals surface area contributed by atoms with Crippen molar-refractivity contribution in [2.24, 2.45) is 27.1 Å². The Kier molecular flexibility index (Phi) is 7.37. The minimum Gasteiger partial charge on any atom is -0.399 e. The fraction of sp³-hybridized carbons (Fsp3) is 0.304. The van der Waals surface area contributed by atoms with Gasteiger partial charge in [0.1, 0.15) is 32.2 Å². The van der Waals surface area contributed by atoms with E-state index in [1.165, 1.54) is 19.8 Å². The molecule has 0 saturated heterocycles. The van der Waals surface area contributed by atoms with Crippen molar-refractivity contribution in [3.05, 3.63) is 71.3 Å². The lowest BCUT2D eigenvalue weighted by Gasteiger charge is -2.09. The fourth-order valence-electron chi connectivity index (χ4n) is 3.51. The highest BCUT2D eigenvalue weighted by Crippen LogP contribution is 2.48. The van der Waals surface area contributed by atoms with Crippen molar-refractivity contribution >= 4 is 23.0 Å². The van der Waals surface area contributed by atoms with Gasteiger partial charge in [0, 0.05) is 17.0 Å². The van der Waals surface area contributed by atoms with E-state index in [4.69, 9.17) is 20.2 Å². The molecule has 1 fully saturated rings. The van der Waals surface area contributed by atoms with Crippen LogP contribution >= 0.6 is 0 Å². The summed E-state index contributed by atoms with van der Waals surface area (Å²) in [5, 5.41) is 12.2. The van der Waals surface area contributed by atoms with Crippen LogP contribution in [0.4, 0.5) is 0 Å². The van der Waals surface area contributed by atoms with Crippen LogP contribution in [0, 0.1) is 5.92 Å². The van der Waals surface area contributed by atoms with Gasteiger partial charge in [0.15, 0.2) is 5.71 Å². The van der Waals surface area contributed by atoms with E-state index in [1.807, 2.05) is 37.3 Å². The third-order valence-electron chi connectivity index (χ3n) is 5.04. The van der Waals surface area contributed by atoms with Crippen LogP contribution < -0.4 is 5.73 Å². The molecule has 8 heteroatoms. The molecule has 1 saturated carbocycles. The number of oxime groups is 3. The van der Waals surface area contributed by atoms with Crippen molar-refractivity contribution < 1.29 is 19.3 Å². The van der Waals surface area contributed by atoms with E-state index in [-0.39, 0.29) is 18.2 Å². The average molecular weight is 422 g/mol. The van der Waals surface area contributed by atoms with E-state index in [0.717, 1.165) is 12.1 Å². The normalized spacial score (nSPS) is 19.0. The maximum absolute atomic E-state index is 11.7. The molecule has 2 N–H and O–H groups in total. The molecule has 0 radical (unpaired) electrons. The Morgan fingerprint density at radius 2 is 1.68 bits per heavy atom. The van der Waals surface area contributed by atoms with Crippen LogP contribution in [0.5, 0.6) is 0 Å². The highest BCUT2D eigenvalue weighted by Gasteiger charge is 2.43. The molecule has 0 aromatic heterocycles. The molecule has 0 unspecified atom stereocenters. The molecule has 2 aromatic carbocycles. The summed E-state index contributed by atoms with van der Waals surface area (Å²) >= 11 is 0. The predicted octanol–water partition coefficient (Wildman–Crippen LogP) is 3.22. The molecule has 0 bridgehead atoms. The van der Waals surface area contributed by atoms with Crippen molar-refractivity contribution in [3.63, 3.8) is 0 Å². The summed E-state index contributed by atoms with van der Waals surface area (Å²) in [6, 6.07) is 17.5. The molecule has 2 aromatic rings. The number of carbonyl (C=O) groups is 1. The number of benzene rings is 2. The lowest BCUT2D eigenvalue weighted by atomic mass is 10.0. The number of amides is 1. The Balaban J connectivity index is 1.71. The maximum Gasteiger partial charge on any atom is 0.271 e. The van der Waals surface area contributed by atoms with Gasteiger partial charge in [-0.2, -0.15) is 0 Å². The molecular weight excluding hydrogens is 396 g/mol. The highest BCUT2D eigenvalue weighted by molar-refractivity contribution is 6.45. The lowest BCUT2D eigenvalue weighted by Crippen LogP contribution is -2.25. The largest absolute Gasteiger partial charge is 0.399 e. The molecule has 0 spiro atoms. The summed E-state index contributed by atoms with van der Waals surface area (Å²) in [5.74, 6) is -0.0640. The standard InChI is InChI=1S/C23H26N4O4/c1-15(21(26-29-2)20-13-19(20)16-9-5-4-6-10-16)25-31-14-17-11-7-8-12-18(17)22(23(24)28)27-30-3/h4-12,19-20H,13-14H2,1-3H3,(H2,24,28)/b25-15+,26-21?,27-22?/t19-,20+/m0/s1. The quantitative estimate of drug-likeness (QED) is 0.468. The van der Waals surface area contributed by atoms with Gasteiger partial charge in [0.2, 0.25) is 0 Å². The number of primary amides is 1. The first kappa shape index (κ1) is 22.0. The summed E-state index contributed by atoms with van der Waals surface area (Å²) in [6.07, 6.45) is 0.983. The minimum atomic E-state index is -0.691. The first-order valence-corrected chi connectivity index (χ1v) is 9.89. The molecule has 3 rings (SSSR count). The fourth-order valence-corrected chi connectivity index (χ4v) is 3.51. The van der Waals surface area contributed by atoms with Gasteiger partial charge in [-0.05, 0) is 24.8 Å². The van der Waals surface area contributed by atoms with E-state index in [1.54, 1.807) is 12.1 Å². The van der Waals surface area contributed by atoms with Gasteiger partial charge in [0.25, 0.3) is 5.91 Å². The monoisotopic (exact) mass is 422 g/mol. The molecule has 8 nitrogen and oxygen atoms in total. The van der Waals surface area contributed by atoms with Gasteiger partial charge in [-0.15, -0.1) is 0 Å². The highest BCUT2D eigenvalue weighted by atomic mass is 16.6. The van der Waals surface area contributed by atoms with Crippen LogP contribution in [0.25, 0.3) is 0 Å². The van der Waals surface area contributed by atoms with Crippen molar-refractivity contribution in [2.75, 3.05) is 14.2 Å². The van der Waals surface area contributed by atoms with E-state index >= 15 is 0 Å². The first-order chi connectivity index (χ1) is 15.1. The van der Waals surface area contributed by atoms with Crippen LogP contribution in [0.2, 0.25) is 0 Å². The Hall–Kier alpha value is -3.68. The van der Waals surface area contributed by atoms with Crippen LogP contribution in [-0.2, 0) is 25.9 Å². The third-order valence-corrected chi connectivity index (χ3v) is 5.04. The second-order valence-electron chi connectivity index (χ2n) is 7.11. The minimum absolute atomic E-state index is 0.0210. The Labute approximate surface area is 181 Å². The number of nitrogens with two attached hydrogens (primary N) is 1. The zero-order chi connectivity index (χ0) is 22.2. The van der Waals surface area contributed by atoms with Crippen LogP contribution in [0.1, 0.15) is 36.0 Å². The van der Waals surface area contributed by atoms with Gasteiger partial charge in [0.05, 0.1) is 0 Å². The van der Waals surface area contributed by atoms with Crippen molar-refractivity contribution in [1.82, 2.24) is 0 Å². The van der Waals surface area contributed by atoms with Crippen molar-refractivity contribution in [1.29, 1.82) is 0 Å². The van der Waals surface area contributed by atoms with Crippen molar-refractivity contribution in [3.8, 4) is 0 Å². The number of nitrogens with zero attached hydrogens (tertiary/aromatic N) is 3. The zero-order valence-electron chi connectivity index (χ0n) is 17.8. The van der Waals surface area contributed by atoms with Gasteiger partial charge in [-0.25, -0.2) is 0 Å². The molecule has 1 amide bonds. The van der Waals surface area contributed by atoms with Gasteiger partial charge >= 0.3 is 0 Å². The van der Waals surface area contributed by atoms with E-state index in [2.05, 4.69) is 27.6 Å². The predicted molar refractivity (Wildman–Crippen MR) is 119 cm³/mol. The molecule has 2 atom stereocenters. The van der Waals surface area contributed by atoms with Gasteiger partial charge in [-0.1, -0.05) is 70.1 Å². The molecular formula is C23H26N4O4. The average Bonchev–Trinajstić information content (AvgIpc) is 3.57. The van der Waals surface area contributed by atoms with E-state index in [9.17, 15) is 4.79 Å². The van der Waals surface area contributed by atoms with Crippen LogP contribution in [0.15, 0.2) is 70.1 Å². The SMILES string of the molecule is CON=C(C(N)=O)c1ccccc1CO/N=C(\C)C(=NOC)[C@@H]1C[C@H]1c1ccccc1. The topological polar surface area (TPSA) is 108 Å². The summed E-state index contributed by atoms with van der Waals surface area (Å²) in [6.45, 7) is 1.96. The van der Waals surface area contributed by atoms with E-state index in [0.29, 0.717) is 22.8 Å². The van der Waals surface area contributed by atoms with Crippen LogP contribution in [0.3, 0.4) is 0 Å². The number of hydrogen-bond donors (Lipinski definition) is 1. The Bertz CT molecular complexity index is 1000. The molecule has 0 aliphatic heterocycles. The van der Waals surface area contributed by atoms with E-state index < -0.39 is 5.91 Å². The van der Waals surface area contributed by atoms with Gasteiger partial charge in [-0.3, -0.25) is 4.79 Å². The molecule has 31 heavy (non-hydrogen) atoms. The summed E-state index contributed by atoms with van der Waals surface area (Å²) in [5.41, 5.74) is 9.36. The maximum atomic E-state index is 11.7. The second kappa shape index (κ2) is 10.4. The third kappa shape index (κ3) is 5.48. The number of hydrogen-bond acceptors (Lipinski definition) is 7. The second-order valence-corrected chi connectivity index (χ2v) is 7.11.